The number of carbonyl (C=O) groups is 1. The molecule has 15 heavy (non-hydrogen) atoms. The van der Waals surface area contributed by atoms with Gasteiger partial charge in [-0.05, 0) is 12.1 Å². The van der Waals surface area contributed by atoms with Gasteiger partial charge in [0, 0.05) is 24.5 Å². The van der Waals surface area contributed by atoms with E-state index in [2.05, 4.69) is 10.3 Å². The van der Waals surface area contributed by atoms with Crippen molar-refractivity contribution < 1.29 is 4.79 Å². The number of carbonyl (C=O) groups excluding carboxylic acids is 1. The van der Waals surface area contributed by atoms with Crippen LogP contribution in [0.3, 0.4) is 0 Å². The van der Waals surface area contributed by atoms with Crippen molar-refractivity contribution in [1.82, 2.24) is 5.32 Å². The number of benzene rings is 1. The lowest BCUT2D eigenvalue weighted by molar-refractivity contribution is -0.109. The van der Waals surface area contributed by atoms with Crippen LogP contribution in [0.2, 0.25) is 0 Å². The van der Waals surface area contributed by atoms with Gasteiger partial charge in [-0.2, -0.15) is 0 Å². The molecule has 1 aromatic rings. The predicted molar refractivity (Wildman–Crippen MR) is 60.9 cm³/mol. The molecule has 0 aliphatic carbocycles. The SMILES string of the molecule is N/C=C(\C=Nc1ccccc1)CNC=O. The van der Waals surface area contributed by atoms with Gasteiger partial charge in [0.2, 0.25) is 6.41 Å². The van der Waals surface area contributed by atoms with Gasteiger partial charge < -0.3 is 11.1 Å². The van der Waals surface area contributed by atoms with Gasteiger partial charge in [-0.1, -0.05) is 18.2 Å². The van der Waals surface area contributed by atoms with Crippen LogP contribution in [-0.2, 0) is 4.79 Å². The lowest BCUT2D eigenvalue weighted by Gasteiger charge is -1.98. The molecule has 0 spiro atoms. The summed E-state index contributed by atoms with van der Waals surface area (Å²) in [6.45, 7) is 0.385. The molecular weight excluding hydrogens is 190 g/mol. The predicted octanol–water partition coefficient (Wildman–Crippen LogP) is 0.977. The molecule has 3 N–H and O–H groups in total. The first-order chi connectivity index (χ1) is 7.36. The van der Waals surface area contributed by atoms with Crippen LogP contribution in [-0.4, -0.2) is 19.2 Å². The van der Waals surface area contributed by atoms with Crippen LogP contribution in [0.25, 0.3) is 0 Å². The average molecular weight is 203 g/mol. The highest BCUT2D eigenvalue weighted by Gasteiger charge is 1.91. The second-order valence-electron chi connectivity index (χ2n) is 2.83. The zero-order chi connectivity index (χ0) is 10.9. The van der Waals surface area contributed by atoms with Crippen molar-refractivity contribution in [2.45, 2.75) is 0 Å². The Bertz CT molecular complexity index is 357. The first-order valence-corrected chi connectivity index (χ1v) is 4.53. The molecular formula is C11H13N3O. The molecule has 0 unspecified atom stereocenters. The summed E-state index contributed by atoms with van der Waals surface area (Å²) >= 11 is 0. The van der Waals surface area contributed by atoms with Crippen molar-refractivity contribution in [3.8, 4) is 0 Å². The Kier molecular flexibility index (Phi) is 4.66. The third-order valence-corrected chi connectivity index (χ3v) is 1.74. The lowest BCUT2D eigenvalue weighted by atomic mass is 10.3. The summed E-state index contributed by atoms with van der Waals surface area (Å²) in [6.07, 6.45) is 3.68. The molecule has 0 fully saturated rings. The van der Waals surface area contributed by atoms with Gasteiger partial charge in [0.05, 0.1) is 5.69 Å². The second kappa shape index (κ2) is 6.37. The molecule has 1 rings (SSSR count). The highest BCUT2D eigenvalue weighted by atomic mass is 16.1. The summed E-state index contributed by atoms with van der Waals surface area (Å²) < 4.78 is 0. The molecule has 78 valence electrons. The smallest absolute Gasteiger partial charge is 0.207 e. The van der Waals surface area contributed by atoms with Crippen LogP contribution >= 0.6 is 0 Å². The Morgan fingerprint density at radius 3 is 2.73 bits per heavy atom. The molecule has 0 heterocycles. The zero-order valence-corrected chi connectivity index (χ0v) is 8.26. The Hall–Kier alpha value is -2.10. The average Bonchev–Trinajstić information content (AvgIpc) is 2.31. The molecule has 0 atom stereocenters. The van der Waals surface area contributed by atoms with Crippen LogP contribution in [0, 0.1) is 0 Å². The van der Waals surface area contributed by atoms with E-state index in [0.717, 1.165) is 11.3 Å². The number of aliphatic imine (C=N–C) groups is 1. The number of amides is 1. The van der Waals surface area contributed by atoms with Crippen LogP contribution in [0.15, 0.2) is 47.1 Å². The molecule has 0 aliphatic rings. The van der Waals surface area contributed by atoms with E-state index in [-0.39, 0.29) is 0 Å². The normalized spacial score (nSPS) is 11.6. The second-order valence-corrected chi connectivity index (χ2v) is 2.83. The molecule has 0 saturated carbocycles. The number of hydrogen-bond donors (Lipinski definition) is 2. The van der Waals surface area contributed by atoms with E-state index in [1.807, 2.05) is 30.3 Å². The maximum absolute atomic E-state index is 10.1. The maximum atomic E-state index is 10.1. The van der Waals surface area contributed by atoms with E-state index in [4.69, 9.17) is 5.73 Å². The molecule has 4 heteroatoms. The van der Waals surface area contributed by atoms with E-state index in [9.17, 15) is 4.79 Å². The fraction of sp³-hybridized carbons (Fsp3) is 0.0909. The van der Waals surface area contributed by atoms with Crippen LogP contribution in [0.4, 0.5) is 5.69 Å². The number of para-hydroxylation sites is 1. The van der Waals surface area contributed by atoms with Crippen LogP contribution in [0.5, 0.6) is 0 Å². The summed E-state index contributed by atoms with van der Waals surface area (Å²) in [7, 11) is 0. The fourth-order valence-electron chi connectivity index (χ4n) is 0.979. The summed E-state index contributed by atoms with van der Waals surface area (Å²) in [4.78, 5) is 14.3. The van der Waals surface area contributed by atoms with Gasteiger partial charge in [-0.25, -0.2) is 0 Å². The standard InChI is InChI=1S/C11H13N3O/c12-6-10(7-13-9-15)8-14-11-4-2-1-3-5-11/h1-6,8-9H,7,12H2,(H,13,15)/b10-6-,14-8?. The zero-order valence-electron chi connectivity index (χ0n) is 8.26. The fourth-order valence-corrected chi connectivity index (χ4v) is 0.979. The Morgan fingerprint density at radius 2 is 2.13 bits per heavy atom. The number of nitrogens with one attached hydrogen (secondary N) is 1. The van der Waals surface area contributed by atoms with Gasteiger partial charge in [0.1, 0.15) is 0 Å². The van der Waals surface area contributed by atoms with Crippen molar-refractivity contribution in [3.63, 3.8) is 0 Å². The summed E-state index contributed by atoms with van der Waals surface area (Å²) in [6, 6.07) is 9.51. The van der Waals surface area contributed by atoms with E-state index >= 15 is 0 Å². The van der Waals surface area contributed by atoms with Crippen molar-refractivity contribution in [2.24, 2.45) is 10.7 Å². The lowest BCUT2D eigenvalue weighted by Crippen LogP contribution is -2.15. The van der Waals surface area contributed by atoms with Crippen molar-refractivity contribution >= 4 is 18.3 Å². The van der Waals surface area contributed by atoms with Gasteiger partial charge in [-0.3, -0.25) is 9.79 Å². The summed E-state index contributed by atoms with van der Waals surface area (Å²) in [5, 5.41) is 2.52. The molecule has 4 nitrogen and oxygen atoms in total. The van der Waals surface area contributed by atoms with Crippen LogP contribution in [0.1, 0.15) is 0 Å². The van der Waals surface area contributed by atoms with E-state index < -0.39 is 0 Å². The molecule has 0 saturated heterocycles. The highest BCUT2D eigenvalue weighted by molar-refractivity contribution is 5.81. The molecule has 1 amide bonds. The highest BCUT2D eigenvalue weighted by Crippen LogP contribution is 2.08. The van der Waals surface area contributed by atoms with Crippen molar-refractivity contribution in [1.29, 1.82) is 0 Å². The summed E-state index contributed by atoms with van der Waals surface area (Å²) in [5.41, 5.74) is 6.97. The first-order valence-electron chi connectivity index (χ1n) is 4.53. The number of hydrogen-bond acceptors (Lipinski definition) is 3. The van der Waals surface area contributed by atoms with Crippen LogP contribution < -0.4 is 11.1 Å². The molecule has 0 radical (unpaired) electrons. The summed E-state index contributed by atoms with van der Waals surface area (Å²) in [5.74, 6) is 0. The monoisotopic (exact) mass is 203 g/mol. The number of nitrogens with zero attached hydrogens (tertiary/aromatic N) is 1. The topological polar surface area (TPSA) is 67.5 Å². The molecule has 0 aliphatic heterocycles. The van der Waals surface area contributed by atoms with E-state index in [1.165, 1.54) is 6.20 Å². The van der Waals surface area contributed by atoms with Gasteiger partial charge in [0.25, 0.3) is 0 Å². The molecule has 0 aromatic heterocycles. The minimum absolute atomic E-state index is 0.385. The molecule has 0 bridgehead atoms. The number of rotatable bonds is 5. The third kappa shape index (κ3) is 4.08. The number of nitrogens with two attached hydrogens (primary N) is 1. The quantitative estimate of drug-likeness (QED) is 0.553. The Labute approximate surface area is 88.5 Å². The minimum atomic E-state index is 0.385. The van der Waals surface area contributed by atoms with Crippen molar-refractivity contribution in [2.75, 3.05) is 6.54 Å². The van der Waals surface area contributed by atoms with Crippen molar-refractivity contribution in [3.05, 3.63) is 42.1 Å². The third-order valence-electron chi connectivity index (χ3n) is 1.74. The maximum Gasteiger partial charge on any atom is 0.207 e. The minimum Gasteiger partial charge on any atom is -0.404 e. The van der Waals surface area contributed by atoms with Gasteiger partial charge in [0.15, 0.2) is 0 Å². The van der Waals surface area contributed by atoms with E-state index in [1.54, 1.807) is 6.21 Å². The first kappa shape index (κ1) is 11.0. The molecule has 1 aromatic carbocycles. The van der Waals surface area contributed by atoms with Gasteiger partial charge in [-0.15, -0.1) is 0 Å². The Balaban J connectivity index is 2.59. The largest absolute Gasteiger partial charge is 0.404 e. The van der Waals surface area contributed by atoms with Gasteiger partial charge >= 0.3 is 0 Å². The van der Waals surface area contributed by atoms with E-state index in [0.29, 0.717) is 13.0 Å². The Morgan fingerprint density at radius 1 is 1.40 bits per heavy atom.